The number of hydrogen-bond donors (Lipinski definition) is 1. The third-order valence-electron chi connectivity index (χ3n) is 5.42. The first kappa shape index (κ1) is 18.3. The molecule has 2 saturated heterocycles. The fourth-order valence-electron chi connectivity index (χ4n) is 3.81. The van der Waals surface area contributed by atoms with Gasteiger partial charge < -0.3 is 24.6 Å². The number of amides is 4. The highest BCUT2D eigenvalue weighted by molar-refractivity contribution is 5.77. The summed E-state index contributed by atoms with van der Waals surface area (Å²) in [5.41, 5.74) is 2.03. The third-order valence-corrected chi connectivity index (χ3v) is 5.42. The molecule has 0 atom stereocenters. The number of nitrogens with one attached hydrogen (secondary N) is 1. The number of rotatable bonds is 3. The molecule has 2 aliphatic heterocycles. The molecule has 8 nitrogen and oxygen atoms in total. The smallest absolute Gasteiger partial charge is 0.320 e. The Hall–Kier alpha value is -3.03. The number of aromatic nitrogens is 2. The van der Waals surface area contributed by atoms with E-state index >= 15 is 0 Å². The van der Waals surface area contributed by atoms with Crippen molar-refractivity contribution >= 4 is 12.1 Å². The van der Waals surface area contributed by atoms with Crippen LogP contribution in [0.1, 0.15) is 18.4 Å². The second-order valence-electron chi connectivity index (χ2n) is 7.21. The first-order valence-corrected chi connectivity index (χ1v) is 9.85. The van der Waals surface area contributed by atoms with Crippen molar-refractivity contribution < 1.29 is 9.59 Å². The molecule has 2 aliphatic rings. The Morgan fingerprint density at radius 2 is 1.61 bits per heavy atom. The normalized spacial score (nSPS) is 17.1. The third kappa shape index (κ3) is 3.95. The van der Waals surface area contributed by atoms with E-state index in [-0.39, 0.29) is 12.1 Å². The lowest BCUT2D eigenvalue weighted by molar-refractivity contribution is 0.124. The summed E-state index contributed by atoms with van der Waals surface area (Å²) >= 11 is 0. The van der Waals surface area contributed by atoms with E-state index in [1.165, 1.54) is 0 Å². The topological polar surface area (TPSA) is 73.7 Å². The maximum atomic E-state index is 12.6. The largest absolute Gasteiger partial charge is 0.334 e. The van der Waals surface area contributed by atoms with E-state index in [0.717, 1.165) is 37.2 Å². The van der Waals surface area contributed by atoms with Crippen LogP contribution in [-0.2, 0) is 6.54 Å². The fraction of sp³-hybridized carbons (Fsp3) is 0.450. The van der Waals surface area contributed by atoms with Crippen LogP contribution in [0, 0.1) is 0 Å². The molecule has 8 heteroatoms. The minimum atomic E-state index is -0.0892. The van der Waals surface area contributed by atoms with E-state index in [1.807, 2.05) is 44.8 Å². The van der Waals surface area contributed by atoms with Crippen LogP contribution in [-0.4, -0.2) is 75.6 Å². The zero-order valence-corrected chi connectivity index (χ0v) is 16.0. The molecule has 1 aromatic carbocycles. The van der Waals surface area contributed by atoms with Crippen LogP contribution in [0.3, 0.4) is 0 Å². The minimum absolute atomic E-state index is 0.0892. The molecule has 148 valence electrons. The van der Waals surface area contributed by atoms with E-state index in [1.54, 1.807) is 17.4 Å². The molecule has 0 aliphatic carbocycles. The molecule has 0 spiro atoms. The maximum Gasteiger partial charge on any atom is 0.320 e. The molecule has 0 bridgehead atoms. The highest BCUT2D eigenvalue weighted by Gasteiger charge is 2.28. The van der Waals surface area contributed by atoms with Crippen molar-refractivity contribution in [2.45, 2.75) is 19.4 Å². The number of para-hydroxylation sites is 1. The monoisotopic (exact) mass is 382 g/mol. The van der Waals surface area contributed by atoms with Crippen LogP contribution in [0.15, 0.2) is 43.0 Å². The fourth-order valence-corrected chi connectivity index (χ4v) is 3.81. The minimum Gasteiger partial charge on any atom is -0.334 e. The number of imidazole rings is 1. The van der Waals surface area contributed by atoms with Crippen molar-refractivity contribution in [3.05, 3.63) is 48.5 Å². The summed E-state index contributed by atoms with van der Waals surface area (Å²) in [5, 5.41) is 3.01. The number of likely N-dealkylation sites (tertiary alicyclic amines) is 1. The molecule has 2 fully saturated rings. The number of hydrogen-bond acceptors (Lipinski definition) is 3. The Morgan fingerprint density at radius 3 is 2.32 bits per heavy atom. The molecular weight excluding hydrogens is 356 g/mol. The quantitative estimate of drug-likeness (QED) is 0.881. The summed E-state index contributed by atoms with van der Waals surface area (Å²) in [6.45, 7) is 4.47. The summed E-state index contributed by atoms with van der Waals surface area (Å²) in [7, 11) is 0. The maximum absolute atomic E-state index is 12.6. The number of carbonyl (C=O) groups is 2. The van der Waals surface area contributed by atoms with Crippen molar-refractivity contribution in [1.29, 1.82) is 0 Å². The Kier molecular flexibility index (Phi) is 5.45. The Labute approximate surface area is 164 Å². The SMILES string of the molecule is O=C(NCc1ccccc1-n1ccnc1)N1CCN(C(=O)N2CCCC2)CC1. The number of benzene rings is 1. The first-order valence-electron chi connectivity index (χ1n) is 9.85. The van der Waals surface area contributed by atoms with Gasteiger partial charge in [0, 0.05) is 58.2 Å². The average Bonchev–Trinajstić information content (AvgIpc) is 3.46. The van der Waals surface area contributed by atoms with E-state index in [2.05, 4.69) is 10.3 Å². The van der Waals surface area contributed by atoms with Gasteiger partial charge in [-0.2, -0.15) is 0 Å². The lowest BCUT2D eigenvalue weighted by Crippen LogP contribution is -2.55. The van der Waals surface area contributed by atoms with Crippen LogP contribution >= 0.6 is 0 Å². The van der Waals surface area contributed by atoms with E-state index < -0.39 is 0 Å². The Morgan fingerprint density at radius 1 is 0.929 bits per heavy atom. The second kappa shape index (κ2) is 8.33. The summed E-state index contributed by atoms with van der Waals surface area (Å²) in [4.78, 5) is 34.7. The standard InChI is InChI=1S/C20H26N6O2/c27-19(22-15-17-5-1-2-6-18(17)26-10-7-21-16-26)23-11-13-25(14-12-23)20(28)24-8-3-4-9-24/h1-2,5-7,10,16H,3-4,8-9,11-15H2,(H,22,27). The van der Waals surface area contributed by atoms with Gasteiger partial charge in [-0.15, -0.1) is 0 Å². The number of urea groups is 2. The van der Waals surface area contributed by atoms with Gasteiger partial charge in [0.25, 0.3) is 0 Å². The van der Waals surface area contributed by atoms with E-state index in [9.17, 15) is 9.59 Å². The van der Waals surface area contributed by atoms with Crippen molar-refractivity contribution in [2.24, 2.45) is 0 Å². The van der Waals surface area contributed by atoms with Gasteiger partial charge >= 0.3 is 12.1 Å². The number of carbonyl (C=O) groups excluding carboxylic acids is 2. The van der Waals surface area contributed by atoms with Gasteiger partial charge in [-0.1, -0.05) is 18.2 Å². The summed E-state index contributed by atoms with van der Waals surface area (Å²) in [6.07, 6.45) is 7.55. The molecule has 0 radical (unpaired) electrons. The highest BCUT2D eigenvalue weighted by atomic mass is 16.2. The van der Waals surface area contributed by atoms with Crippen LogP contribution in [0.25, 0.3) is 5.69 Å². The number of nitrogens with zero attached hydrogens (tertiary/aromatic N) is 5. The van der Waals surface area contributed by atoms with Gasteiger partial charge in [0.2, 0.25) is 0 Å². The van der Waals surface area contributed by atoms with Gasteiger partial charge in [0.15, 0.2) is 0 Å². The second-order valence-corrected chi connectivity index (χ2v) is 7.21. The molecule has 28 heavy (non-hydrogen) atoms. The molecule has 0 unspecified atom stereocenters. The lowest BCUT2D eigenvalue weighted by atomic mass is 10.1. The Bertz CT molecular complexity index is 808. The van der Waals surface area contributed by atoms with E-state index in [4.69, 9.17) is 0 Å². The summed E-state index contributed by atoms with van der Waals surface area (Å²) < 4.78 is 1.93. The zero-order valence-electron chi connectivity index (χ0n) is 16.0. The lowest BCUT2D eigenvalue weighted by Gasteiger charge is -2.36. The van der Waals surface area contributed by atoms with Gasteiger partial charge in [0.1, 0.15) is 0 Å². The summed E-state index contributed by atoms with van der Waals surface area (Å²) in [6, 6.07) is 7.97. The van der Waals surface area contributed by atoms with Gasteiger partial charge in [-0.25, -0.2) is 14.6 Å². The zero-order chi connectivity index (χ0) is 19.3. The molecule has 2 aromatic rings. The molecule has 1 aromatic heterocycles. The average molecular weight is 382 g/mol. The molecule has 3 heterocycles. The van der Waals surface area contributed by atoms with Crippen LogP contribution in [0.2, 0.25) is 0 Å². The predicted octanol–water partition coefficient (Wildman–Crippen LogP) is 1.92. The highest BCUT2D eigenvalue weighted by Crippen LogP contribution is 2.15. The van der Waals surface area contributed by atoms with Gasteiger partial charge in [0.05, 0.1) is 12.0 Å². The van der Waals surface area contributed by atoms with Crippen LogP contribution in [0.4, 0.5) is 9.59 Å². The predicted molar refractivity (Wildman–Crippen MR) is 105 cm³/mol. The molecule has 4 amide bonds. The van der Waals surface area contributed by atoms with Crippen molar-refractivity contribution in [2.75, 3.05) is 39.3 Å². The molecule has 0 saturated carbocycles. The van der Waals surface area contributed by atoms with E-state index in [0.29, 0.717) is 32.7 Å². The number of piperazine rings is 1. The van der Waals surface area contributed by atoms with Crippen LogP contribution < -0.4 is 5.32 Å². The van der Waals surface area contributed by atoms with Crippen molar-refractivity contribution in [3.8, 4) is 5.69 Å². The first-order chi connectivity index (χ1) is 13.7. The molecule has 4 rings (SSSR count). The van der Waals surface area contributed by atoms with Crippen LogP contribution in [0.5, 0.6) is 0 Å². The summed E-state index contributed by atoms with van der Waals surface area (Å²) in [5.74, 6) is 0. The van der Waals surface area contributed by atoms with Gasteiger partial charge in [-0.05, 0) is 24.5 Å². The molecule has 1 N–H and O–H groups in total. The Balaban J connectivity index is 1.29. The van der Waals surface area contributed by atoms with Crippen molar-refractivity contribution in [3.63, 3.8) is 0 Å². The molecular formula is C20H26N6O2. The van der Waals surface area contributed by atoms with Crippen molar-refractivity contribution in [1.82, 2.24) is 29.6 Å². The van der Waals surface area contributed by atoms with Gasteiger partial charge in [-0.3, -0.25) is 0 Å².